The topological polar surface area (TPSA) is 219 Å². The van der Waals surface area contributed by atoms with Gasteiger partial charge in [-0.05, 0) is 51.4 Å². The molecule has 19 heteroatoms. The summed E-state index contributed by atoms with van der Waals surface area (Å²) in [4.78, 5) is 74.7. The Labute approximate surface area is 403 Å². The molecular formula is C49H82N4O15. The van der Waals surface area contributed by atoms with Gasteiger partial charge in [0.1, 0.15) is 24.8 Å². The van der Waals surface area contributed by atoms with E-state index in [-0.39, 0.29) is 78.3 Å². The first-order valence-corrected chi connectivity index (χ1v) is 25.1. The van der Waals surface area contributed by atoms with Crippen LogP contribution in [0, 0.1) is 23.7 Å². The molecule has 3 rings (SSSR count). The van der Waals surface area contributed by atoms with Gasteiger partial charge >= 0.3 is 0 Å². The van der Waals surface area contributed by atoms with Crippen LogP contribution in [0.25, 0.3) is 0 Å². The summed E-state index contributed by atoms with van der Waals surface area (Å²) in [5, 5.41) is 8.37. The van der Waals surface area contributed by atoms with Crippen LogP contribution < -0.4 is 0 Å². The molecule has 1 saturated heterocycles. The number of hydrogen-bond acceptors (Lipinski definition) is 17. The van der Waals surface area contributed by atoms with Crippen molar-refractivity contribution in [2.24, 2.45) is 23.7 Å². The minimum atomic E-state index is -0.260. The summed E-state index contributed by atoms with van der Waals surface area (Å²) < 4.78 is 51.3. The average Bonchev–Trinajstić information content (AvgIpc) is 3.88. The third-order valence-corrected chi connectivity index (χ3v) is 12.0. The lowest BCUT2D eigenvalue weighted by Gasteiger charge is -2.30. The number of aromatic nitrogens is 3. The van der Waals surface area contributed by atoms with E-state index in [0.29, 0.717) is 157 Å². The molecule has 2 heterocycles. The fourth-order valence-electron chi connectivity index (χ4n) is 7.93. The van der Waals surface area contributed by atoms with Crippen LogP contribution in [0.1, 0.15) is 110 Å². The van der Waals surface area contributed by atoms with Crippen molar-refractivity contribution in [2.45, 2.75) is 117 Å². The van der Waals surface area contributed by atoms with Gasteiger partial charge in [0, 0.05) is 69.2 Å². The quantitative estimate of drug-likeness (QED) is 0.0660. The van der Waals surface area contributed by atoms with Crippen LogP contribution in [0.2, 0.25) is 0 Å². The Bertz CT molecular complexity index is 1570. The number of amides is 2. The summed E-state index contributed by atoms with van der Waals surface area (Å²) in [6.45, 7) is 13.4. The molecule has 0 spiro atoms. The smallest absolute Gasteiger partial charge is 0.232 e. The Morgan fingerprint density at radius 2 is 1.19 bits per heavy atom. The van der Waals surface area contributed by atoms with Crippen molar-refractivity contribution < 1.29 is 71.4 Å². The second-order valence-corrected chi connectivity index (χ2v) is 17.7. The van der Waals surface area contributed by atoms with Gasteiger partial charge in [0.05, 0.1) is 111 Å². The molecule has 2 amide bonds. The number of imide groups is 1. The van der Waals surface area contributed by atoms with Crippen molar-refractivity contribution in [3.05, 3.63) is 11.9 Å². The van der Waals surface area contributed by atoms with Crippen LogP contribution in [0.15, 0.2) is 6.20 Å². The van der Waals surface area contributed by atoms with Crippen molar-refractivity contribution in [1.82, 2.24) is 19.9 Å². The van der Waals surface area contributed by atoms with Gasteiger partial charge in [-0.2, -0.15) is 0 Å². The summed E-state index contributed by atoms with van der Waals surface area (Å²) in [6.07, 6.45) is 11.3. The number of carbonyl (C=O) groups excluding carboxylic acids is 6. The Balaban J connectivity index is 0.977. The second-order valence-electron chi connectivity index (χ2n) is 17.7. The Morgan fingerprint density at radius 3 is 1.71 bits per heavy atom. The van der Waals surface area contributed by atoms with E-state index in [9.17, 15) is 28.8 Å². The van der Waals surface area contributed by atoms with Crippen molar-refractivity contribution in [1.29, 1.82) is 0 Å². The van der Waals surface area contributed by atoms with Crippen LogP contribution in [-0.2, 0) is 84.4 Å². The van der Waals surface area contributed by atoms with Gasteiger partial charge in [-0.1, -0.05) is 38.3 Å². The SMILES string of the molecule is CCCCCC(CC(=O)COCC(=O)CCCOCCOCCOCCOCCOCCOCCOCCOCCn1cc(CCC(=O)C2CCC(CN3C(=O)CC(C)C3=O)CC2)nn1)C(C)=O. The van der Waals surface area contributed by atoms with Gasteiger partial charge < -0.3 is 42.6 Å². The highest BCUT2D eigenvalue weighted by molar-refractivity contribution is 6.03. The van der Waals surface area contributed by atoms with E-state index in [4.69, 9.17) is 42.6 Å². The van der Waals surface area contributed by atoms with E-state index in [1.54, 1.807) is 11.6 Å². The number of carbonyl (C=O) groups is 6. The number of rotatable bonds is 45. The Morgan fingerprint density at radius 1 is 0.662 bits per heavy atom. The maximum atomic E-state index is 12.9. The average molecular weight is 967 g/mol. The number of aryl methyl sites for hydroxylation is 1. The van der Waals surface area contributed by atoms with Gasteiger partial charge in [-0.3, -0.25) is 33.7 Å². The van der Waals surface area contributed by atoms with Gasteiger partial charge in [0.25, 0.3) is 0 Å². The van der Waals surface area contributed by atoms with Crippen molar-refractivity contribution in [2.75, 3.05) is 125 Å². The highest BCUT2D eigenvalue weighted by Crippen LogP contribution is 2.32. The molecule has 2 aliphatic rings. The Kier molecular flexibility index (Phi) is 32.4. The van der Waals surface area contributed by atoms with Crippen LogP contribution in [-0.4, -0.2) is 180 Å². The molecule has 1 aliphatic carbocycles. The molecule has 1 aromatic heterocycles. The molecule has 0 N–H and O–H groups in total. The highest BCUT2D eigenvalue weighted by Gasteiger charge is 2.37. The fraction of sp³-hybridized carbons (Fsp3) is 0.837. The zero-order valence-electron chi connectivity index (χ0n) is 41.3. The zero-order chi connectivity index (χ0) is 49.0. The zero-order valence-corrected chi connectivity index (χ0v) is 41.3. The van der Waals surface area contributed by atoms with Crippen LogP contribution >= 0.6 is 0 Å². The van der Waals surface area contributed by atoms with Crippen LogP contribution in [0.3, 0.4) is 0 Å². The van der Waals surface area contributed by atoms with E-state index < -0.39 is 0 Å². The molecule has 2 unspecified atom stereocenters. The number of likely N-dealkylation sites (tertiary alicyclic amines) is 1. The molecule has 2 atom stereocenters. The van der Waals surface area contributed by atoms with Crippen LogP contribution in [0.5, 0.6) is 0 Å². The van der Waals surface area contributed by atoms with Gasteiger partial charge in [-0.15, -0.1) is 5.10 Å². The maximum absolute atomic E-state index is 12.9. The molecule has 19 nitrogen and oxygen atoms in total. The number of ether oxygens (including phenoxy) is 9. The summed E-state index contributed by atoms with van der Waals surface area (Å²) in [5.74, 6) is -0.259. The molecule has 68 heavy (non-hydrogen) atoms. The minimum Gasteiger partial charge on any atom is -0.379 e. The number of hydrogen-bond donors (Lipinski definition) is 0. The predicted octanol–water partition coefficient (Wildman–Crippen LogP) is 4.22. The molecule has 0 aromatic carbocycles. The van der Waals surface area contributed by atoms with Crippen LogP contribution in [0.4, 0.5) is 0 Å². The lowest BCUT2D eigenvalue weighted by atomic mass is 9.79. The summed E-state index contributed by atoms with van der Waals surface area (Å²) in [6, 6.07) is 0. The molecule has 1 saturated carbocycles. The fourth-order valence-corrected chi connectivity index (χ4v) is 7.93. The van der Waals surface area contributed by atoms with E-state index in [0.717, 1.165) is 50.6 Å². The number of unbranched alkanes of at least 4 members (excludes halogenated alkanes) is 2. The summed E-state index contributed by atoms with van der Waals surface area (Å²) >= 11 is 0. The Hall–Kier alpha value is -3.40. The van der Waals surface area contributed by atoms with Crippen molar-refractivity contribution >= 4 is 34.9 Å². The number of Topliss-reactive ketones (excluding diaryl/α,β-unsaturated/α-hetero) is 4. The number of nitrogens with zero attached hydrogens (tertiary/aromatic N) is 4. The molecule has 388 valence electrons. The molecule has 1 aliphatic heterocycles. The first kappa shape index (κ1) is 58.9. The summed E-state index contributed by atoms with van der Waals surface area (Å²) in [7, 11) is 0. The third-order valence-electron chi connectivity index (χ3n) is 12.0. The van der Waals surface area contributed by atoms with E-state index >= 15 is 0 Å². The van der Waals surface area contributed by atoms with E-state index in [1.807, 2.05) is 6.20 Å². The molecule has 0 bridgehead atoms. The molecule has 1 aromatic rings. The number of ketones is 4. The van der Waals surface area contributed by atoms with Gasteiger partial charge in [0.15, 0.2) is 11.6 Å². The van der Waals surface area contributed by atoms with E-state index in [2.05, 4.69) is 17.2 Å². The lowest BCUT2D eigenvalue weighted by molar-refractivity contribution is -0.140. The molecular weight excluding hydrogens is 885 g/mol. The van der Waals surface area contributed by atoms with Crippen molar-refractivity contribution in [3.8, 4) is 0 Å². The predicted molar refractivity (Wildman–Crippen MR) is 249 cm³/mol. The second kappa shape index (κ2) is 37.4. The largest absolute Gasteiger partial charge is 0.379 e. The van der Waals surface area contributed by atoms with Gasteiger partial charge in [0.2, 0.25) is 11.8 Å². The summed E-state index contributed by atoms with van der Waals surface area (Å²) in [5.41, 5.74) is 0.780. The normalized spacial score (nSPS) is 17.9. The molecule has 2 fully saturated rings. The van der Waals surface area contributed by atoms with E-state index in [1.165, 1.54) is 11.8 Å². The highest BCUT2D eigenvalue weighted by atomic mass is 16.6. The standard InChI is InChI=1S/C49H82N4O15/c1-4-5-6-8-43(40(3)54)34-46(56)38-68-37-45(55)9-7-17-60-19-21-62-23-25-64-27-29-66-31-32-67-30-28-65-26-24-63-22-20-61-18-16-52-36-44(50-51-52)14-15-47(57)42-12-10-41(11-13-42)35-53-48(58)33-39(2)49(53)59/h36,39,41-43H,4-35,37-38H2,1-3H3. The van der Waals surface area contributed by atoms with Gasteiger partial charge in [-0.25, -0.2) is 4.68 Å². The monoisotopic (exact) mass is 967 g/mol. The maximum Gasteiger partial charge on any atom is 0.232 e. The van der Waals surface area contributed by atoms with Crippen molar-refractivity contribution in [3.63, 3.8) is 0 Å². The lowest BCUT2D eigenvalue weighted by Crippen LogP contribution is -2.36. The minimum absolute atomic E-state index is 0.0274. The molecule has 0 radical (unpaired) electrons. The first-order chi connectivity index (χ1) is 33.1. The third kappa shape index (κ3) is 27.1. The first-order valence-electron chi connectivity index (χ1n) is 25.1.